The third kappa shape index (κ3) is 4.34. The van der Waals surface area contributed by atoms with Crippen LogP contribution in [0.2, 0.25) is 0 Å². The molecule has 114 valence electrons. The highest BCUT2D eigenvalue weighted by atomic mass is 19.1. The largest absolute Gasteiger partial charge is 0.496 e. The average Bonchev–Trinajstić information content (AvgIpc) is 2.81. The Balaban J connectivity index is 3.62. The summed E-state index contributed by atoms with van der Waals surface area (Å²) in [4.78, 5) is 13.8. The Hall–Kier alpha value is -2.30. The first-order valence-corrected chi connectivity index (χ1v) is 6.57. The fourth-order valence-electron chi connectivity index (χ4n) is 1.89. The molecule has 5 heteroatoms. The molecule has 0 aliphatic heterocycles. The summed E-state index contributed by atoms with van der Waals surface area (Å²) in [5, 5.41) is 9.86. The molecule has 0 amide bonds. The first-order valence-electron chi connectivity index (χ1n) is 6.57. The number of methoxy groups -OCH3 is 1. The minimum Gasteiger partial charge on any atom is -0.496 e. The molecule has 0 bridgehead atoms. The number of aromatic carboxylic acids is 1. The molecule has 21 heavy (non-hydrogen) atoms. The Morgan fingerprint density at radius 2 is 2.29 bits per heavy atom. The summed E-state index contributed by atoms with van der Waals surface area (Å²) in [7, 11) is 1.44. The number of hydrogen-bond acceptors (Lipinski definition) is 2. The van der Waals surface area contributed by atoms with Crippen LogP contribution in [0, 0.1) is 0 Å². The third-order valence-electron chi connectivity index (χ3n) is 2.86. The zero-order chi connectivity index (χ0) is 16.0. The summed E-state index contributed by atoms with van der Waals surface area (Å²) in [6, 6.07) is 1.40. The van der Waals surface area contributed by atoms with Crippen molar-refractivity contribution in [3.05, 3.63) is 47.1 Å². The van der Waals surface area contributed by atoms with Crippen LogP contribution in [0.15, 0.2) is 30.9 Å². The molecule has 2 N–H and O–H groups in total. The van der Waals surface area contributed by atoms with Crippen LogP contribution in [0.4, 0.5) is 4.39 Å². The van der Waals surface area contributed by atoms with Gasteiger partial charge in [-0.1, -0.05) is 19.6 Å². The van der Waals surface area contributed by atoms with Gasteiger partial charge in [0.25, 0.3) is 0 Å². The number of rotatable bonds is 6. The molecule has 0 fully saturated rings. The number of nitrogens with one attached hydrogen (secondary N) is 1. The van der Waals surface area contributed by atoms with Gasteiger partial charge in [0.05, 0.1) is 7.11 Å². The summed E-state index contributed by atoms with van der Waals surface area (Å²) in [5.74, 6) is -0.750. The molecule has 0 spiro atoms. The first-order chi connectivity index (χ1) is 9.84. The van der Waals surface area contributed by atoms with Gasteiger partial charge in [-0.3, -0.25) is 0 Å². The number of carboxylic acids is 1. The lowest BCUT2D eigenvalue weighted by Crippen LogP contribution is -2.29. The van der Waals surface area contributed by atoms with Crippen LogP contribution >= 0.6 is 0 Å². The monoisotopic (exact) mass is 293 g/mol. The Morgan fingerprint density at radius 3 is 2.76 bits per heavy atom. The van der Waals surface area contributed by atoms with Crippen molar-refractivity contribution in [3.63, 3.8) is 0 Å². The van der Waals surface area contributed by atoms with Crippen molar-refractivity contribution >= 4 is 17.8 Å². The molecule has 0 aromatic carbocycles. The van der Waals surface area contributed by atoms with Gasteiger partial charge in [-0.2, -0.15) is 0 Å². The summed E-state index contributed by atoms with van der Waals surface area (Å²) in [6.07, 6.45) is 6.63. The van der Waals surface area contributed by atoms with Gasteiger partial charge in [0.1, 0.15) is 17.1 Å². The molecule has 4 nitrogen and oxygen atoms in total. The van der Waals surface area contributed by atoms with Gasteiger partial charge in [-0.25, -0.2) is 9.18 Å². The number of aromatic amines is 1. The second-order valence-electron chi connectivity index (χ2n) is 4.69. The van der Waals surface area contributed by atoms with Crippen molar-refractivity contribution < 1.29 is 19.0 Å². The van der Waals surface area contributed by atoms with E-state index < -0.39 is 11.6 Å². The molecule has 0 radical (unpaired) electrons. The number of alkyl halides is 1. The topological polar surface area (TPSA) is 62.3 Å². The van der Waals surface area contributed by atoms with Gasteiger partial charge in [0.15, 0.2) is 0 Å². The van der Waals surface area contributed by atoms with Gasteiger partial charge in [0, 0.05) is 10.6 Å². The predicted octanol–water partition coefficient (Wildman–Crippen LogP) is 2.13. The van der Waals surface area contributed by atoms with Gasteiger partial charge in [-0.05, 0) is 37.6 Å². The molecule has 0 saturated carbocycles. The highest BCUT2D eigenvalue weighted by Gasteiger charge is 2.16. The summed E-state index contributed by atoms with van der Waals surface area (Å²) in [6.45, 7) is 6.90. The van der Waals surface area contributed by atoms with Gasteiger partial charge < -0.3 is 14.8 Å². The summed E-state index contributed by atoms with van der Waals surface area (Å²) < 4.78 is 19.6. The van der Waals surface area contributed by atoms with E-state index in [0.717, 1.165) is 0 Å². The number of carbonyl (C=O) groups is 1. The van der Waals surface area contributed by atoms with Crippen LogP contribution < -0.4 is 10.6 Å². The van der Waals surface area contributed by atoms with E-state index in [1.54, 1.807) is 6.08 Å². The molecule has 1 aromatic heterocycles. The van der Waals surface area contributed by atoms with Crippen molar-refractivity contribution in [2.75, 3.05) is 7.11 Å². The van der Waals surface area contributed by atoms with E-state index in [9.17, 15) is 9.18 Å². The maximum absolute atomic E-state index is 14.4. The normalized spacial score (nSPS) is 16.7. The van der Waals surface area contributed by atoms with E-state index in [4.69, 9.17) is 9.84 Å². The van der Waals surface area contributed by atoms with Gasteiger partial charge in [0.2, 0.25) is 0 Å². The molecular formula is C16H20FNO3. The van der Waals surface area contributed by atoms with E-state index in [0.29, 0.717) is 22.7 Å². The Morgan fingerprint density at radius 1 is 1.62 bits per heavy atom. The van der Waals surface area contributed by atoms with Crippen LogP contribution in [-0.2, 0) is 4.74 Å². The van der Waals surface area contributed by atoms with E-state index in [1.807, 2.05) is 6.92 Å². The molecule has 0 aliphatic carbocycles. The SMILES string of the molecule is C=C/C(OC)=c1/cc(C(=O)O)[nH]/c1=C/C(C)(F)/C=C\CC. The van der Waals surface area contributed by atoms with Crippen molar-refractivity contribution in [3.8, 4) is 0 Å². The Labute approximate surface area is 122 Å². The highest BCUT2D eigenvalue weighted by Crippen LogP contribution is 2.14. The number of allylic oxidation sites excluding steroid dienone is 2. The molecule has 1 aromatic rings. The number of ether oxygens (including phenoxy) is 1. The van der Waals surface area contributed by atoms with Crippen LogP contribution in [0.5, 0.6) is 0 Å². The highest BCUT2D eigenvalue weighted by molar-refractivity contribution is 5.85. The van der Waals surface area contributed by atoms with Crippen molar-refractivity contribution in [2.24, 2.45) is 0 Å². The number of carboxylic acid groups (broad SMARTS) is 1. The lowest BCUT2D eigenvalue weighted by molar-refractivity contribution is 0.0691. The number of halogens is 1. The maximum Gasteiger partial charge on any atom is 0.352 e. The predicted molar refractivity (Wildman–Crippen MR) is 81.0 cm³/mol. The molecule has 0 saturated heterocycles. The molecule has 1 atom stereocenters. The van der Waals surface area contributed by atoms with Gasteiger partial charge >= 0.3 is 5.97 Å². The number of hydrogen-bond donors (Lipinski definition) is 2. The number of H-pyrrole nitrogens is 1. The lowest BCUT2D eigenvalue weighted by Gasteiger charge is -2.09. The standard InChI is InChI=1S/C16H20FNO3/c1-5-7-8-16(3,17)10-13-11(14(6-2)21-4)9-12(18-13)15(19)20/h6-10,18H,2,5H2,1,3-4H3,(H,19,20)/b8-7-,13-10+,14-11+. The summed E-state index contributed by atoms with van der Waals surface area (Å²) in [5.41, 5.74) is -1.74. The van der Waals surface area contributed by atoms with Crippen LogP contribution in [0.3, 0.4) is 0 Å². The maximum atomic E-state index is 14.4. The van der Waals surface area contributed by atoms with E-state index in [-0.39, 0.29) is 5.69 Å². The van der Waals surface area contributed by atoms with E-state index >= 15 is 0 Å². The quantitative estimate of drug-likeness (QED) is 0.790. The fraction of sp³-hybridized carbons (Fsp3) is 0.312. The van der Waals surface area contributed by atoms with Crippen molar-refractivity contribution in [2.45, 2.75) is 25.9 Å². The molecular weight excluding hydrogens is 273 g/mol. The van der Waals surface area contributed by atoms with Crippen LogP contribution in [-0.4, -0.2) is 28.8 Å². The smallest absolute Gasteiger partial charge is 0.352 e. The zero-order valence-corrected chi connectivity index (χ0v) is 12.4. The lowest BCUT2D eigenvalue weighted by atomic mass is 10.1. The van der Waals surface area contributed by atoms with Gasteiger partial charge in [-0.15, -0.1) is 0 Å². The van der Waals surface area contributed by atoms with Crippen LogP contribution in [0.25, 0.3) is 11.8 Å². The molecule has 1 heterocycles. The van der Waals surface area contributed by atoms with Crippen molar-refractivity contribution in [1.82, 2.24) is 4.98 Å². The molecule has 1 rings (SSSR count). The second-order valence-corrected chi connectivity index (χ2v) is 4.69. The van der Waals surface area contributed by atoms with Crippen molar-refractivity contribution in [1.29, 1.82) is 0 Å². The zero-order valence-electron chi connectivity index (χ0n) is 12.4. The molecule has 1 unspecified atom stereocenters. The van der Waals surface area contributed by atoms with E-state index in [2.05, 4.69) is 11.6 Å². The molecule has 0 aliphatic rings. The van der Waals surface area contributed by atoms with E-state index in [1.165, 1.54) is 38.3 Å². The fourth-order valence-corrected chi connectivity index (χ4v) is 1.89. The minimum atomic E-state index is -1.70. The third-order valence-corrected chi connectivity index (χ3v) is 2.86. The first kappa shape index (κ1) is 16.8. The minimum absolute atomic E-state index is 0.0390. The summed E-state index contributed by atoms with van der Waals surface area (Å²) >= 11 is 0. The average molecular weight is 293 g/mol. The number of aromatic nitrogens is 1. The second kappa shape index (κ2) is 6.92. The Kier molecular flexibility index (Phi) is 5.52. The van der Waals surface area contributed by atoms with Crippen LogP contribution in [0.1, 0.15) is 30.8 Å². The Bertz CT molecular complexity index is 668.